The largest absolute Gasteiger partial charge is 0.331 e. The monoisotopic (exact) mass is 229 g/mol. The molecule has 0 aliphatic rings. The molecule has 0 spiro atoms. The van der Waals surface area contributed by atoms with Gasteiger partial charge in [-0.3, -0.25) is 0 Å². The van der Waals surface area contributed by atoms with E-state index < -0.39 is 0 Å². The fourth-order valence-corrected chi connectivity index (χ4v) is 2.05. The second-order valence-corrected chi connectivity index (χ2v) is 4.49. The number of hydrogen-bond donors (Lipinski definition) is 1. The van der Waals surface area contributed by atoms with Crippen molar-refractivity contribution in [3.8, 4) is 11.4 Å². The molecule has 1 heterocycles. The van der Waals surface area contributed by atoms with Gasteiger partial charge in [-0.2, -0.15) is 0 Å². The van der Waals surface area contributed by atoms with Crippen LogP contribution in [0.5, 0.6) is 0 Å². The van der Waals surface area contributed by atoms with Gasteiger partial charge in [-0.25, -0.2) is 4.98 Å². The molecule has 2 rings (SSSR count). The van der Waals surface area contributed by atoms with Crippen LogP contribution < -0.4 is 5.73 Å². The number of rotatable bonds is 3. The molecule has 0 atom stereocenters. The first kappa shape index (κ1) is 11.9. The minimum absolute atomic E-state index is 0.659. The van der Waals surface area contributed by atoms with Crippen molar-refractivity contribution in [3.63, 3.8) is 0 Å². The Hall–Kier alpha value is -1.61. The van der Waals surface area contributed by atoms with E-state index in [1.807, 2.05) is 6.20 Å². The highest BCUT2D eigenvalue weighted by atomic mass is 15.1. The van der Waals surface area contributed by atoms with E-state index in [2.05, 4.69) is 48.6 Å². The van der Waals surface area contributed by atoms with Gasteiger partial charge in [0.2, 0.25) is 0 Å². The average molecular weight is 229 g/mol. The van der Waals surface area contributed by atoms with Crippen LogP contribution >= 0.6 is 0 Å². The molecule has 1 aromatic heterocycles. The van der Waals surface area contributed by atoms with Crippen LogP contribution in [0.2, 0.25) is 0 Å². The predicted molar refractivity (Wildman–Crippen MR) is 70.9 cm³/mol. The van der Waals surface area contributed by atoms with Crippen LogP contribution in [0, 0.1) is 13.8 Å². The number of nitrogens with two attached hydrogens (primary N) is 1. The lowest BCUT2D eigenvalue weighted by Crippen LogP contribution is -2.07. The lowest BCUT2D eigenvalue weighted by Gasteiger charge is -2.08. The predicted octanol–water partition coefficient (Wildman–Crippen LogP) is 2.21. The average Bonchev–Trinajstić information content (AvgIpc) is 2.65. The van der Waals surface area contributed by atoms with Gasteiger partial charge in [-0.1, -0.05) is 17.7 Å². The lowest BCUT2D eigenvalue weighted by molar-refractivity contribution is 0.810. The highest BCUT2D eigenvalue weighted by Crippen LogP contribution is 2.23. The maximum absolute atomic E-state index is 5.59. The third-order valence-electron chi connectivity index (χ3n) is 3.12. The summed E-state index contributed by atoms with van der Waals surface area (Å²) in [7, 11) is 2.05. The molecule has 0 radical (unpaired) electrons. The zero-order valence-electron chi connectivity index (χ0n) is 10.7. The normalized spacial score (nSPS) is 10.8. The van der Waals surface area contributed by atoms with E-state index >= 15 is 0 Å². The van der Waals surface area contributed by atoms with Gasteiger partial charge < -0.3 is 10.3 Å². The lowest BCUT2D eigenvalue weighted by atomic mass is 10.1. The Balaban J connectivity index is 2.49. The van der Waals surface area contributed by atoms with Crippen molar-refractivity contribution < 1.29 is 0 Å². The highest BCUT2D eigenvalue weighted by Gasteiger charge is 2.10. The molecule has 0 bridgehead atoms. The van der Waals surface area contributed by atoms with Gasteiger partial charge in [0.1, 0.15) is 5.82 Å². The highest BCUT2D eigenvalue weighted by molar-refractivity contribution is 5.62. The second-order valence-electron chi connectivity index (χ2n) is 4.49. The van der Waals surface area contributed by atoms with Crippen LogP contribution in [0.4, 0.5) is 0 Å². The minimum atomic E-state index is 0.659. The van der Waals surface area contributed by atoms with Gasteiger partial charge in [0, 0.05) is 30.9 Å². The van der Waals surface area contributed by atoms with Crippen molar-refractivity contribution in [2.45, 2.75) is 20.3 Å². The number of hydrogen-bond acceptors (Lipinski definition) is 2. The Kier molecular flexibility index (Phi) is 3.29. The van der Waals surface area contributed by atoms with Gasteiger partial charge in [0.25, 0.3) is 0 Å². The molecule has 90 valence electrons. The Labute approximate surface area is 102 Å². The Morgan fingerprint density at radius 3 is 2.76 bits per heavy atom. The van der Waals surface area contributed by atoms with Crippen LogP contribution in [-0.4, -0.2) is 16.1 Å². The fourth-order valence-electron chi connectivity index (χ4n) is 2.05. The summed E-state index contributed by atoms with van der Waals surface area (Å²) in [6, 6.07) is 6.45. The third-order valence-corrected chi connectivity index (χ3v) is 3.12. The molecule has 0 saturated carbocycles. The summed E-state index contributed by atoms with van der Waals surface area (Å²) in [4.78, 5) is 4.51. The molecular formula is C14H19N3. The SMILES string of the molecule is Cc1ccc(C)c(-c2ncc(CCN)n2C)c1. The standard InChI is InChI=1S/C14H19N3/c1-10-4-5-11(2)13(8-10)14-16-9-12(6-7-15)17(14)3/h4-5,8-9H,6-7,15H2,1-3H3. The fraction of sp³-hybridized carbons (Fsp3) is 0.357. The van der Waals surface area contributed by atoms with Gasteiger partial charge in [-0.15, -0.1) is 0 Å². The van der Waals surface area contributed by atoms with E-state index in [-0.39, 0.29) is 0 Å². The van der Waals surface area contributed by atoms with Crippen molar-refractivity contribution in [3.05, 3.63) is 41.2 Å². The molecule has 2 aromatic rings. The molecule has 0 amide bonds. The maximum atomic E-state index is 5.59. The quantitative estimate of drug-likeness (QED) is 0.877. The molecular weight excluding hydrogens is 210 g/mol. The van der Waals surface area contributed by atoms with Crippen molar-refractivity contribution >= 4 is 0 Å². The van der Waals surface area contributed by atoms with Crippen molar-refractivity contribution in [2.75, 3.05) is 6.54 Å². The summed E-state index contributed by atoms with van der Waals surface area (Å²) in [5, 5.41) is 0. The molecule has 0 aliphatic heterocycles. The van der Waals surface area contributed by atoms with Crippen molar-refractivity contribution in [1.82, 2.24) is 9.55 Å². The van der Waals surface area contributed by atoms with E-state index in [4.69, 9.17) is 5.73 Å². The Morgan fingerprint density at radius 2 is 2.06 bits per heavy atom. The molecule has 0 saturated heterocycles. The maximum Gasteiger partial charge on any atom is 0.140 e. The third kappa shape index (κ3) is 2.24. The van der Waals surface area contributed by atoms with Gasteiger partial charge in [0.15, 0.2) is 0 Å². The van der Waals surface area contributed by atoms with E-state index in [9.17, 15) is 0 Å². The summed E-state index contributed by atoms with van der Waals surface area (Å²) in [6.07, 6.45) is 2.79. The molecule has 0 unspecified atom stereocenters. The minimum Gasteiger partial charge on any atom is -0.331 e. The Morgan fingerprint density at radius 1 is 1.29 bits per heavy atom. The number of nitrogens with zero attached hydrogens (tertiary/aromatic N) is 2. The molecule has 17 heavy (non-hydrogen) atoms. The summed E-state index contributed by atoms with van der Waals surface area (Å²) in [5.74, 6) is 1.02. The van der Waals surface area contributed by atoms with Crippen LogP contribution in [0.1, 0.15) is 16.8 Å². The van der Waals surface area contributed by atoms with Crippen LogP contribution in [0.25, 0.3) is 11.4 Å². The number of imidazole rings is 1. The van der Waals surface area contributed by atoms with Gasteiger partial charge >= 0.3 is 0 Å². The van der Waals surface area contributed by atoms with E-state index in [0.717, 1.165) is 12.2 Å². The second kappa shape index (κ2) is 4.72. The molecule has 2 N–H and O–H groups in total. The van der Waals surface area contributed by atoms with Crippen molar-refractivity contribution in [1.29, 1.82) is 0 Å². The van der Waals surface area contributed by atoms with E-state index in [1.165, 1.54) is 22.4 Å². The molecule has 1 aromatic carbocycles. The summed E-state index contributed by atoms with van der Waals surface area (Å²) < 4.78 is 2.13. The van der Waals surface area contributed by atoms with Crippen LogP contribution in [-0.2, 0) is 13.5 Å². The van der Waals surface area contributed by atoms with Crippen LogP contribution in [0.3, 0.4) is 0 Å². The smallest absolute Gasteiger partial charge is 0.140 e. The van der Waals surface area contributed by atoms with Crippen LogP contribution in [0.15, 0.2) is 24.4 Å². The summed E-state index contributed by atoms with van der Waals surface area (Å²) in [6.45, 7) is 4.88. The summed E-state index contributed by atoms with van der Waals surface area (Å²) in [5.41, 5.74) is 10.5. The molecule has 3 nitrogen and oxygen atoms in total. The first-order valence-corrected chi connectivity index (χ1v) is 5.91. The van der Waals surface area contributed by atoms with E-state index in [0.29, 0.717) is 6.54 Å². The van der Waals surface area contributed by atoms with Crippen molar-refractivity contribution in [2.24, 2.45) is 12.8 Å². The molecule has 3 heteroatoms. The first-order valence-electron chi connectivity index (χ1n) is 5.91. The molecule has 0 fully saturated rings. The van der Waals surface area contributed by atoms with Gasteiger partial charge in [0.05, 0.1) is 0 Å². The zero-order chi connectivity index (χ0) is 12.4. The summed E-state index contributed by atoms with van der Waals surface area (Å²) >= 11 is 0. The molecule has 0 aliphatic carbocycles. The Bertz CT molecular complexity index is 526. The number of aromatic nitrogens is 2. The van der Waals surface area contributed by atoms with E-state index in [1.54, 1.807) is 0 Å². The first-order chi connectivity index (χ1) is 8.13. The van der Waals surface area contributed by atoms with Gasteiger partial charge in [-0.05, 0) is 32.0 Å². The zero-order valence-corrected chi connectivity index (χ0v) is 10.7. The number of benzene rings is 1. The number of aryl methyl sites for hydroxylation is 2. The topological polar surface area (TPSA) is 43.8 Å².